The molecule has 0 unspecified atom stereocenters. The van der Waals surface area contributed by atoms with Gasteiger partial charge in [0.15, 0.2) is 5.13 Å². The molecule has 1 aliphatic rings. The summed E-state index contributed by atoms with van der Waals surface area (Å²) in [6.07, 6.45) is 5.76. The van der Waals surface area contributed by atoms with Gasteiger partial charge >= 0.3 is 0 Å². The second-order valence-electron chi connectivity index (χ2n) is 9.18. The van der Waals surface area contributed by atoms with E-state index < -0.39 is 15.8 Å². The van der Waals surface area contributed by atoms with Crippen molar-refractivity contribution < 1.29 is 12.8 Å². The quantitative estimate of drug-likeness (QED) is 0.363. The topological polar surface area (TPSA) is 103 Å². The van der Waals surface area contributed by atoms with Crippen molar-refractivity contribution in [3.8, 4) is 17.3 Å². The molecule has 37 heavy (non-hydrogen) atoms. The first kappa shape index (κ1) is 25.3. The molecule has 0 atom stereocenters. The first-order chi connectivity index (χ1) is 17.8. The Morgan fingerprint density at radius 1 is 1.22 bits per heavy atom. The third kappa shape index (κ3) is 5.23. The molecule has 0 bridgehead atoms. The Kier molecular flexibility index (Phi) is 6.98. The number of hydrogen-bond donors (Lipinski definition) is 1. The summed E-state index contributed by atoms with van der Waals surface area (Å²) in [5, 5.41) is 15.3. The molecule has 1 saturated heterocycles. The van der Waals surface area contributed by atoms with Crippen molar-refractivity contribution >= 4 is 32.1 Å². The molecule has 8 nitrogen and oxygen atoms in total. The van der Waals surface area contributed by atoms with Gasteiger partial charge in [-0.1, -0.05) is 13.0 Å². The maximum absolute atomic E-state index is 13.5. The summed E-state index contributed by atoms with van der Waals surface area (Å²) >= 11 is 1.43. The standard InChI is InChI=1S/C26H27FN6O2S2/c1-3-22-24(14-29-26-31-23(16-36-26)21-6-5-20(27)12-19(21)13-28)33-15-18(4-7-25(33)30-22)17-8-10-32(11-9-17)37(2,34)35/h4-7,12,15-17H,3,8-11,14H2,1-2H3,(H,29,31). The van der Waals surface area contributed by atoms with Crippen LogP contribution in [0.3, 0.4) is 0 Å². The number of hydrogen-bond acceptors (Lipinski definition) is 7. The Hall–Kier alpha value is -3.33. The van der Waals surface area contributed by atoms with E-state index in [9.17, 15) is 18.1 Å². The number of nitrogens with one attached hydrogen (secondary N) is 1. The summed E-state index contributed by atoms with van der Waals surface area (Å²) < 4.78 is 40.9. The van der Waals surface area contributed by atoms with Crippen molar-refractivity contribution in [2.45, 2.75) is 38.6 Å². The van der Waals surface area contributed by atoms with Gasteiger partial charge in [-0.15, -0.1) is 11.3 Å². The molecule has 0 amide bonds. The number of piperidine rings is 1. The zero-order chi connectivity index (χ0) is 26.2. The zero-order valence-corrected chi connectivity index (χ0v) is 22.2. The number of benzene rings is 1. The number of pyridine rings is 1. The van der Waals surface area contributed by atoms with Crippen LogP contribution in [0.25, 0.3) is 16.9 Å². The fraction of sp³-hybridized carbons (Fsp3) is 0.346. The highest BCUT2D eigenvalue weighted by atomic mass is 32.2. The van der Waals surface area contributed by atoms with Crippen LogP contribution in [0.1, 0.15) is 48.2 Å². The molecule has 1 aliphatic heterocycles. The summed E-state index contributed by atoms with van der Waals surface area (Å²) in [6.45, 7) is 3.66. The second-order valence-corrected chi connectivity index (χ2v) is 12.0. The number of rotatable bonds is 7. The molecule has 1 N–H and O–H groups in total. The highest BCUT2D eigenvalue weighted by Gasteiger charge is 2.26. The average molecular weight is 539 g/mol. The molecule has 1 aromatic carbocycles. The Bertz CT molecular complexity index is 1600. The summed E-state index contributed by atoms with van der Waals surface area (Å²) in [7, 11) is -3.16. The molecule has 0 aliphatic carbocycles. The molecule has 3 aromatic heterocycles. The average Bonchev–Trinajstić information content (AvgIpc) is 3.50. The number of anilines is 1. The highest BCUT2D eigenvalue weighted by molar-refractivity contribution is 7.88. The second kappa shape index (κ2) is 10.2. The Labute approximate surface area is 219 Å². The molecule has 0 spiro atoms. The maximum Gasteiger partial charge on any atom is 0.211 e. The normalized spacial score (nSPS) is 15.2. The summed E-state index contributed by atoms with van der Waals surface area (Å²) in [5.41, 5.74) is 5.57. The number of aromatic nitrogens is 3. The predicted molar refractivity (Wildman–Crippen MR) is 143 cm³/mol. The third-order valence-corrected chi connectivity index (χ3v) is 8.94. The van der Waals surface area contributed by atoms with Crippen LogP contribution in [-0.2, 0) is 23.0 Å². The lowest BCUT2D eigenvalue weighted by atomic mass is 9.91. The molecule has 4 aromatic rings. The third-order valence-electron chi connectivity index (χ3n) is 6.84. The van der Waals surface area contributed by atoms with E-state index in [4.69, 9.17) is 4.98 Å². The summed E-state index contributed by atoms with van der Waals surface area (Å²) in [6, 6.07) is 10.3. The van der Waals surface area contributed by atoms with Crippen molar-refractivity contribution in [3.63, 3.8) is 0 Å². The van der Waals surface area contributed by atoms with Crippen LogP contribution in [0.5, 0.6) is 0 Å². The van der Waals surface area contributed by atoms with Gasteiger partial charge in [-0.25, -0.2) is 27.1 Å². The minimum atomic E-state index is -3.16. The van der Waals surface area contributed by atoms with Crippen molar-refractivity contribution in [1.29, 1.82) is 5.26 Å². The fourth-order valence-corrected chi connectivity index (χ4v) is 6.44. The van der Waals surface area contributed by atoms with Crippen molar-refractivity contribution in [2.75, 3.05) is 24.7 Å². The lowest BCUT2D eigenvalue weighted by Gasteiger charge is -2.30. The van der Waals surface area contributed by atoms with E-state index in [0.717, 1.165) is 36.3 Å². The van der Waals surface area contributed by atoms with E-state index in [1.54, 1.807) is 10.4 Å². The van der Waals surface area contributed by atoms with Gasteiger partial charge in [0.2, 0.25) is 10.0 Å². The van der Waals surface area contributed by atoms with Crippen LogP contribution in [0.15, 0.2) is 41.9 Å². The smallest absolute Gasteiger partial charge is 0.211 e. The lowest BCUT2D eigenvalue weighted by Crippen LogP contribution is -2.37. The molecule has 11 heteroatoms. The molecular weight excluding hydrogens is 511 g/mol. The summed E-state index contributed by atoms with van der Waals surface area (Å²) in [5.74, 6) is -0.156. The number of halogens is 1. The molecule has 0 saturated carbocycles. The van der Waals surface area contributed by atoms with E-state index >= 15 is 0 Å². The van der Waals surface area contributed by atoms with Gasteiger partial charge in [0.1, 0.15) is 11.5 Å². The van der Waals surface area contributed by atoms with Crippen molar-refractivity contribution in [3.05, 3.63) is 70.2 Å². The van der Waals surface area contributed by atoms with E-state index in [-0.39, 0.29) is 5.56 Å². The molecule has 192 valence electrons. The summed E-state index contributed by atoms with van der Waals surface area (Å²) in [4.78, 5) is 9.43. The van der Waals surface area contributed by atoms with Crippen LogP contribution in [0.2, 0.25) is 0 Å². The largest absolute Gasteiger partial charge is 0.356 e. The Morgan fingerprint density at radius 2 is 2.00 bits per heavy atom. The Balaban J connectivity index is 1.36. The van der Waals surface area contributed by atoms with Crippen molar-refractivity contribution in [1.82, 2.24) is 18.7 Å². The number of nitriles is 1. The number of thiazole rings is 1. The van der Waals surface area contributed by atoms with Gasteiger partial charge < -0.3 is 9.72 Å². The molecular formula is C26H27FN6O2S2. The number of sulfonamides is 1. The number of aryl methyl sites for hydroxylation is 1. The van der Waals surface area contributed by atoms with Gasteiger partial charge in [-0.05, 0) is 55.0 Å². The Morgan fingerprint density at radius 3 is 2.70 bits per heavy atom. The minimum Gasteiger partial charge on any atom is -0.356 e. The monoisotopic (exact) mass is 538 g/mol. The van der Waals surface area contributed by atoms with Gasteiger partial charge in [-0.3, -0.25) is 0 Å². The van der Waals surface area contributed by atoms with Gasteiger partial charge in [-0.2, -0.15) is 5.26 Å². The van der Waals surface area contributed by atoms with Crippen LogP contribution in [0.4, 0.5) is 9.52 Å². The zero-order valence-electron chi connectivity index (χ0n) is 20.6. The molecule has 0 radical (unpaired) electrons. The van der Waals surface area contributed by atoms with Crippen LogP contribution >= 0.6 is 11.3 Å². The van der Waals surface area contributed by atoms with Crippen molar-refractivity contribution in [2.24, 2.45) is 0 Å². The van der Waals surface area contributed by atoms with Crippen LogP contribution in [0, 0.1) is 17.1 Å². The van der Waals surface area contributed by atoms with Crippen LogP contribution < -0.4 is 5.32 Å². The van der Waals surface area contributed by atoms with E-state index in [1.807, 2.05) is 17.5 Å². The van der Waals surface area contributed by atoms with E-state index in [0.29, 0.717) is 41.9 Å². The number of nitrogens with zero attached hydrogens (tertiary/aromatic N) is 5. The molecule has 1 fully saturated rings. The fourth-order valence-electron chi connectivity index (χ4n) is 4.86. The van der Waals surface area contributed by atoms with Gasteiger partial charge in [0, 0.05) is 30.2 Å². The number of imidazole rings is 1. The van der Waals surface area contributed by atoms with Gasteiger partial charge in [0.25, 0.3) is 0 Å². The SMILES string of the molecule is CCc1nc2ccc(C3CCN(S(C)(=O)=O)CC3)cn2c1CNc1nc(-c2ccc(F)cc2C#N)cs1. The van der Waals surface area contributed by atoms with Gasteiger partial charge in [0.05, 0.1) is 41.5 Å². The molecule has 4 heterocycles. The number of fused-ring (bicyclic) bond motifs is 1. The highest BCUT2D eigenvalue weighted by Crippen LogP contribution is 2.31. The van der Waals surface area contributed by atoms with Crippen LogP contribution in [-0.4, -0.2) is 46.4 Å². The predicted octanol–water partition coefficient (Wildman–Crippen LogP) is 4.78. The first-order valence-electron chi connectivity index (χ1n) is 12.1. The lowest BCUT2D eigenvalue weighted by molar-refractivity contribution is 0.321. The molecule has 5 rings (SSSR count). The maximum atomic E-state index is 13.5. The first-order valence-corrected chi connectivity index (χ1v) is 14.8. The van der Waals surface area contributed by atoms with E-state index in [1.165, 1.54) is 35.3 Å². The van der Waals surface area contributed by atoms with E-state index in [2.05, 4.69) is 33.9 Å². The minimum absolute atomic E-state index is 0.252.